The minimum atomic E-state index is -0.984. The molecule has 0 bridgehead atoms. The molecule has 0 aliphatic heterocycles. The monoisotopic (exact) mass is 301 g/mol. The summed E-state index contributed by atoms with van der Waals surface area (Å²) in [5.74, 6) is -1.05. The lowest BCUT2D eigenvalue weighted by atomic mass is 9.80. The van der Waals surface area contributed by atoms with E-state index < -0.39 is 23.3 Å². The fourth-order valence-electron chi connectivity index (χ4n) is 3.00. The van der Waals surface area contributed by atoms with Crippen molar-refractivity contribution >= 4 is 19.6 Å². The van der Waals surface area contributed by atoms with Gasteiger partial charge in [-0.2, -0.15) is 0 Å². The summed E-state index contributed by atoms with van der Waals surface area (Å²) in [5, 5.41) is 12.7. The second-order valence-electron chi connectivity index (χ2n) is 5.84. The van der Waals surface area contributed by atoms with Gasteiger partial charge in [-0.25, -0.2) is 0 Å². The maximum Gasteiger partial charge on any atom is 0.315 e. The average molecular weight is 301 g/mol. The lowest BCUT2D eigenvalue weighted by Gasteiger charge is -2.30. The zero-order valence-electron chi connectivity index (χ0n) is 12.6. The fraction of sp³-hybridized carbons (Fsp3) is 0.500. The predicted octanol–water partition coefficient (Wildman–Crippen LogP) is 1.53. The van der Waals surface area contributed by atoms with Gasteiger partial charge in [-0.15, -0.1) is 0 Å². The summed E-state index contributed by atoms with van der Waals surface area (Å²) in [6, 6.07) is 9.16. The van der Waals surface area contributed by atoms with Crippen molar-refractivity contribution in [2.75, 3.05) is 0 Å². The molecular weight excluding hydrogens is 281 g/mol. The smallest absolute Gasteiger partial charge is 0.315 e. The standard InChI is InChI=1S/C16H20BNO4/c1-11(19)16(8-7-13(9-16)18-15(17)21)14(20)22-10-12-5-3-2-4-6-12/h2-6,11,13,19H,7-10H2,1H3,(H,18,21)/t11?,13-,16+/m1/s1. The lowest BCUT2D eigenvalue weighted by Crippen LogP contribution is -2.42. The number of hydrogen-bond donors (Lipinski definition) is 2. The summed E-state index contributed by atoms with van der Waals surface area (Å²) < 4.78 is 5.39. The number of carbonyl (C=O) groups excluding carboxylic acids is 2. The Balaban J connectivity index is 2.02. The number of aliphatic hydroxyl groups is 1. The van der Waals surface area contributed by atoms with Crippen molar-refractivity contribution in [2.45, 2.75) is 44.9 Å². The molecule has 3 atom stereocenters. The third kappa shape index (κ3) is 3.68. The highest BCUT2D eigenvalue weighted by molar-refractivity contribution is 6.57. The molecule has 2 radical (unpaired) electrons. The highest BCUT2D eigenvalue weighted by Gasteiger charge is 2.50. The summed E-state index contributed by atoms with van der Waals surface area (Å²) in [7, 11) is 5.12. The van der Waals surface area contributed by atoms with Crippen molar-refractivity contribution in [2.24, 2.45) is 5.41 Å². The van der Waals surface area contributed by atoms with Gasteiger partial charge >= 0.3 is 5.97 Å². The molecule has 1 saturated carbocycles. The summed E-state index contributed by atoms with van der Waals surface area (Å²) in [5.41, 5.74) is -0.0940. The predicted molar refractivity (Wildman–Crippen MR) is 82.3 cm³/mol. The van der Waals surface area contributed by atoms with E-state index in [-0.39, 0.29) is 12.6 Å². The van der Waals surface area contributed by atoms with Crippen molar-refractivity contribution in [3.63, 3.8) is 0 Å². The number of amides is 1. The van der Waals surface area contributed by atoms with E-state index in [0.717, 1.165) is 5.56 Å². The van der Waals surface area contributed by atoms with Gasteiger partial charge in [0, 0.05) is 6.04 Å². The van der Waals surface area contributed by atoms with E-state index in [0.29, 0.717) is 19.3 Å². The Labute approximate surface area is 131 Å². The molecule has 1 aromatic rings. The van der Waals surface area contributed by atoms with Crippen LogP contribution in [0.15, 0.2) is 30.3 Å². The highest BCUT2D eigenvalue weighted by Crippen LogP contribution is 2.42. The molecule has 0 saturated heterocycles. The molecule has 1 amide bonds. The topological polar surface area (TPSA) is 75.6 Å². The number of nitrogens with one attached hydrogen (secondary N) is 1. The van der Waals surface area contributed by atoms with E-state index >= 15 is 0 Å². The molecule has 0 spiro atoms. The van der Waals surface area contributed by atoms with Gasteiger partial charge in [-0.3, -0.25) is 9.59 Å². The van der Waals surface area contributed by atoms with Gasteiger partial charge in [-0.05, 0) is 31.7 Å². The van der Waals surface area contributed by atoms with Gasteiger partial charge in [0.15, 0.2) is 5.81 Å². The third-order valence-electron chi connectivity index (χ3n) is 4.31. The maximum absolute atomic E-state index is 12.5. The number of carbonyl (C=O) groups is 2. The van der Waals surface area contributed by atoms with E-state index in [1.165, 1.54) is 0 Å². The van der Waals surface area contributed by atoms with Gasteiger partial charge in [0.2, 0.25) is 7.85 Å². The number of rotatable bonds is 5. The third-order valence-corrected chi connectivity index (χ3v) is 4.31. The van der Waals surface area contributed by atoms with Crippen LogP contribution >= 0.6 is 0 Å². The number of hydrogen-bond acceptors (Lipinski definition) is 4. The molecular formula is C16H20BNO4. The molecule has 6 heteroatoms. The Kier molecular flexibility index (Phi) is 5.24. The number of ether oxygens (including phenoxy) is 1. The largest absolute Gasteiger partial charge is 0.460 e. The van der Waals surface area contributed by atoms with Crippen molar-refractivity contribution in [3.8, 4) is 0 Å². The van der Waals surface area contributed by atoms with Crippen molar-refractivity contribution in [1.82, 2.24) is 5.32 Å². The van der Waals surface area contributed by atoms with Crippen LogP contribution in [0, 0.1) is 5.41 Å². The molecule has 1 aliphatic carbocycles. The van der Waals surface area contributed by atoms with Crippen LogP contribution in [0.4, 0.5) is 4.79 Å². The number of esters is 1. The van der Waals surface area contributed by atoms with E-state index in [1.807, 2.05) is 30.3 Å². The number of benzene rings is 1. The van der Waals surface area contributed by atoms with Crippen LogP contribution in [0.5, 0.6) is 0 Å². The Morgan fingerprint density at radius 1 is 1.45 bits per heavy atom. The SMILES string of the molecule is [B]C(=O)N[C@@H]1CC[C@@](C(=O)OCc2ccccc2)(C(C)O)C1. The second-order valence-corrected chi connectivity index (χ2v) is 5.84. The first-order valence-electron chi connectivity index (χ1n) is 7.39. The van der Waals surface area contributed by atoms with Crippen LogP contribution in [-0.4, -0.2) is 36.9 Å². The van der Waals surface area contributed by atoms with Crippen molar-refractivity contribution in [1.29, 1.82) is 0 Å². The zero-order valence-corrected chi connectivity index (χ0v) is 12.6. The van der Waals surface area contributed by atoms with E-state index in [1.54, 1.807) is 6.92 Å². The van der Waals surface area contributed by atoms with Crippen LogP contribution in [-0.2, 0) is 16.1 Å². The summed E-state index contributed by atoms with van der Waals surface area (Å²) in [4.78, 5) is 23.4. The Bertz CT molecular complexity index is 534. The molecule has 1 fully saturated rings. The Morgan fingerprint density at radius 3 is 2.73 bits per heavy atom. The van der Waals surface area contributed by atoms with Crippen LogP contribution in [0.2, 0.25) is 0 Å². The van der Waals surface area contributed by atoms with Crippen molar-refractivity contribution < 1.29 is 19.4 Å². The minimum absolute atomic E-state index is 0.169. The fourth-order valence-corrected chi connectivity index (χ4v) is 3.00. The second kappa shape index (κ2) is 6.96. The molecule has 22 heavy (non-hydrogen) atoms. The van der Waals surface area contributed by atoms with Gasteiger partial charge in [0.1, 0.15) is 6.61 Å². The molecule has 2 N–H and O–H groups in total. The Morgan fingerprint density at radius 2 is 2.14 bits per heavy atom. The quantitative estimate of drug-likeness (QED) is 0.639. The van der Waals surface area contributed by atoms with Gasteiger partial charge in [-0.1, -0.05) is 30.3 Å². The normalized spacial score (nSPS) is 25.5. The zero-order chi connectivity index (χ0) is 16.2. The van der Waals surface area contributed by atoms with Crippen LogP contribution in [0.1, 0.15) is 31.7 Å². The van der Waals surface area contributed by atoms with E-state index in [9.17, 15) is 14.7 Å². The van der Waals surface area contributed by atoms with Crippen LogP contribution < -0.4 is 5.32 Å². The molecule has 5 nitrogen and oxygen atoms in total. The van der Waals surface area contributed by atoms with Crippen LogP contribution in [0.25, 0.3) is 0 Å². The molecule has 0 heterocycles. The summed E-state index contributed by atoms with van der Waals surface area (Å²) >= 11 is 0. The lowest BCUT2D eigenvalue weighted by molar-refractivity contribution is -0.164. The van der Waals surface area contributed by atoms with E-state index in [2.05, 4.69) is 5.32 Å². The first-order chi connectivity index (χ1) is 10.4. The molecule has 116 valence electrons. The van der Waals surface area contributed by atoms with Gasteiger partial charge in [0.25, 0.3) is 0 Å². The minimum Gasteiger partial charge on any atom is -0.460 e. The van der Waals surface area contributed by atoms with Crippen LogP contribution in [0.3, 0.4) is 0 Å². The Hall–Kier alpha value is -1.82. The van der Waals surface area contributed by atoms with Gasteiger partial charge in [0.05, 0.1) is 11.5 Å². The highest BCUT2D eigenvalue weighted by atomic mass is 16.5. The molecule has 2 rings (SSSR count). The van der Waals surface area contributed by atoms with E-state index in [4.69, 9.17) is 12.6 Å². The average Bonchev–Trinajstić information content (AvgIpc) is 2.90. The summed E-state index contributed by atoms with van der Waals surface area (Å²) in [6.45, 7) is 1.75. The van der Waals surface area contributed by atoms with Crippen molar-refractivity contribution in [3.05, 3.63) is 35.9 Å². The summed E-state index contributed by atoms with van der Waals surface area (Å²) in [6.07, 6.45) is 0.536. The molecule has 0 aromatic heterocycles. The molecule has 1 aromatic carbocycles. The maximum atomic E-state index is 12.5. The molecule has 1 aliphatic rings. The number of aliphatic hydroxyl groups excluding tert-OH is 1. The first-order valence-corrected chi connectivity index (χ1v) is 7.39. The van der Waals surface area contributed by atoms with Gasteiger partial charge < -0.3 is 15.2 Å². The molecule has 1 unspecified atom stereocenters. The first kappa shape index (κ1) is 16.6.